The molecule has 0 spiro atoms. The Hall–Kier alpha value is -0.0400. The zero-order valence-electron chi connectivity index (χ0n) is 5.57. The fraction of sp³-hybridized carbons (Fsp3) is 0.857. The molecule has 0 aromatic heterocycles. The van der Waals surface area contributed by atoms with E-state index >= 15 is 0 Å². The van der Waals surface area contributed by atoms with Crippen molar-refractivity contribution in [2.24, 2.45) is 0 Å². The van der Waals surface area contributed by atoms with E-state index < -0.39 is 0 Å². The van der Waals surface area contributed by atoms with E-state index in [0.717, 1.165) is 12.8 Å². The standard InChI is InChI=1S/C7H13O/c1-6(2)7(8)4-3-5-7/h8H,3-5H2,1-2H3. The lowest BCUT2D eigenvalue weighted by atomic mass is 9.73. The zero-order valence-corrected chi connectivity index (χ0v) is 5.57. The highest BCUT2D eigenvalue weighted by Gasteiger charge is 2.37. The molecule has 1 aliphatic carbocycles. The summed E-state index contributed by atoms with van der Waals surface area (Å²) in [6, 6.07) is 0. The summed E-state index contributed by atoms with van der Waals surface area (Å²) < 4.78 is 0. The minimum atomic E-state index is -0.361. The topological polar surface area (TPSA) is 20.2 Å². The predicted octanol–water partition coefficient (Wildman–Crippen LogP) is 1.52. The molecule has 1 saturated carbocycles. The first-order chi connectivity index (χ1) is 3.65. The van der Waals surface area contributed by atoms with Crippen LogP contribution in [0, 0.1) is 5.92 Å². The summed E-state index contributed by atoms with van der Waals surface area (Å²) in [5, 5.41) is 9.45. The van der Waals surface area contributed by atoms with Gasteiger partial charge in [0, 0.05) is 5.92 Å². The highest BCUT2D eigenvalue weighted by atomic mass is 16.3. The second-order valence-corrected chi connectivity index (χ2v) is 2.89. The van der Waals surface area contributed by atoms with Gasteiger partial charge in [-0.05, 0) is 19.3 Å². The van der Waals surface area contributed by atoms with Gasteiger partial charge in [0.1, 0.15) is 0 Å². The Morgan fingerprint density at radius 2 is 1.88 bits per heavy atom. The summed E-state index contributed by atoms with van der Waals surface area (Å²) in [6.45, 7) is 4.00. The van der Waals surface area contributed by atoms with E-state index in [2.05, 4.69) is 0 Å². The summed E-state index contributed by atoms with van der Waals surface area (Å²) in [5.41, 5.74) is -0.361. The molecule has 0 bridgehead atoms. The normalized spacial score (nSPS) is 25.5. The lowest BCUT2D eigenvalue weighted by Gasteiger charge is -2.39. The molecular weight excluding hydrogens is 100 g/mol. The van der Waals surface area contributed by atoms with Crippen molar-refractivity contribution in [3.8, 4) is 0 Å². The molecule has 0 amide bonds. The minimum absolute atomic E-state index is 0.361. The van der Waals surface area contributed by atoms with Crippen LogP contribution in [0.1, 0.15) is 33.1 Å². The van der Waals surface area contributed by atoms with Crippen molar-refractivity contribution in [2.75, 3.05) is 0 Å². The molecule has 0 aliphatic heterocycles. The molecule has 8 heavy (non-hydrogen) atoms. The third-order valence-corrected chi connectivity index (χ3v) is 2.11. The smallest absolute Gasteiger partial charge is 0.0704 e. The summed E-state index contributed by atoms with van der Waals surface area (Å²) in [6.07, 6.45) is 3.16. The lowest BCUT2D eigenvalue weighted by Crippen LogP contribution is -2.40. The Labute approximate surface area is 50.7 Å². The molecule has 47 valence electrons. The van der Waals surface area contributed by atoms with Crippen LogP contribution >= 0.6 is 0 Å². The van der Waals surface area contributed by atoms with Gasteiger partial charge in [-0.25, -0.2) is 0 Å². The van der Waals surface area contributed by atoms with Crippen molar-refractivity contribution < 1.29 is 5.11 Å². The third-order valence-electron chi connectivity index (χ3n) is 2.11. The Morgan fingerprint density at radius 1 is 1.38 bits per heavy atom. The number of hydrogen-bond acceptors (Lipinski definition) is 1. The van der Waals surface area contributed by atoms with Gasteiger partial charge in [0.05, 0.1) is 5.60 Å². The molecule has 1 fully saturated rings. The molecule has 1 heteroatoms. The molecule has 1 rings (SSSR count). The van der Waals surface area contributed by atoms with E-state index in [1.807, 2.05) is 13.8 Å². The van der Waals surface area contributed by atoms with Crippen LogP contribution in [0.3, 0.4) is 0 Å². The molecule has 1 radical (unpaired) electrons. The van der Waals surface area contributed by atoms with Crippen molar-refractivity contribution in [3.05, 3.63) is 5.92 Å². The predicted molar refractivity (Wildman–Crippen MR) is 33.4 cm³/mol. The first kappa shape index (κ1) is 6.09. The second kappa shape index (κ2) is 1.73. The first-order valence-corrected chi connectivity index (χ1v) is 3.18. The number of rotatable bonds is 1. The molecular formula is C7H13O. The van der Waals surface area contributed by atoms with Crippen molar-refractivity contribution in [2.45, 2.75) is 38.7 Å². The van der Waals surface area contributed by atoms with Crippen LogP contribution in [0.15, 0.2) is 0 Å². The Kier molecular flexibility index (Phi) is 1.31. The van der Waals surface area contributed by atoms with Gasteiger partial charge in [-0.15, -0.1) is 0 Å². The van der Waals surface area contributed by atoms with Gasteiger partial charge in [-0.2, -0.15) is 0 Å². The van der Waals surface area contributed by atoms with Gasteiger partial charge in [0.2, 0.25) is 0 Å². The highest BCUT2D eigenvalue weighted by molar-refractivity contribution is 5.06. The third kappa shape index (κ3) is 0.752. The molecule has 0 atom stereocenters. The quantitative estimate of drug-likeness (QED) is 0.546. The van der Waals surface area contributed by atoms with Crippen LogP contribution in [0.4, 0.5) is 0 Å². The first-order valence-electron chi connectivity index (χ1n) is 3.18. The Morgan fingerprint density at radius 3 is 1.88 bits per heavy atom. The summed E-state index contributed by atoms with van der Waals surface area (Å²) >= 11 is 0. The fourth-order valence-electron chi connectivity index (χ4n) is 1.01. The lowest BCUT2D eigenvalue weighted by molar-refractivity contribution is -0.0173. The largest absolute Gasteiger partial charge is 0.389 e. The number of aliphatic hydroxyl groups is 1. The minimum Gasteiger partial charge on any atom is -0.389 e. The van der Waals surface area contributed by atoms with Crippen LogP contribution in [0.5, 0.6) is 0 Å². The molecule has 0 heterocycles. The van der Waals surface area contributed by atoms with E-state index in [-0.39, 0.29) is 5.60 Å². The monoisotopic (exact) mass is 113 g/mol. The maximum Gasteiger partial charge on any atom is 0.0704 e. The Balaban J connectivity index is 2.41. The van der Waals surface area contributed by atoms with Crippen molar-refractivity contribution >= 4 is 0 Å². The average Bonchev–Trinajstić information content (AvgIpc) is 1.60. The van der Waals surface area contributed by atoms with Crippen molar-refractivity contribution in [1.82, 2.24) is 0 Å². The second-order valence-electron chi connectivity index (χ2n) is 2.89. The van der Waals surface area contributed by atoms with Crippen LogP contribution in [-0.4, -0.2) is 10.7 Å². The SMILES string of the molecule is C[C](C)C1(O)CCC1. The fourth-order valence-corrected chi connectivity index (χ4v) is 1.01. The number of hydrogen-bond donors (Lipinski definition) is 1. The van der Waals surface area contributed by atoms with Crippen LogP contribution in [-0.2, 0) is 0 Å². The summed E-state index contributed by atoms with van der Waals surface area (Å²) in [4.78, 5) is 0. The van der Waals surface area contributed by atoms with Gasteiger partial charge in [0.25, 0.3) is 0 Å². The van der Waals surface area contributed by atoms with E-state index in [1.165, 1.54) is 12.3 Å². The molecule has 0 aromatic rings. The van der Waals surface area contributed by atoms with E-state index in [9.17, 15) is 5.11 Å². The molecule has 1 N–H and O–H groups in total. The van der Waals surface area contributed by atoms with E-state index in [1.54, 1.807) is 0 Å². The maximum atomic E-state index is 9.45. The van der Waals surface area contributed by atoms with Gasteiger partial charge >= 0.3 is 0 Å². The van der Waals surface area contributed by atoms with E-state index in [0.29, 0.717) is 0 Å². The zero-order chi connectivity index (χ0) is 6.20. The molecule has 1 aliphatic rings. The molecule has 1 nitrogen and oxygen atoms in total. The van der Waals surface area contributed by atoms with Gasteiger partial charge in [0.15, 0.2) is 0 Å². The maximum absolute atomic E-state index is 9.45. The summed E-state index contributed by atoms with van der Waals surface area (Å²) in [5.74, 6) is 1.17. The van der Waals surface area contributed by atoms with Crippen molar-refractivity contribution in [1.29, 1.82) is 0 Å². The molecule has 0 saturated heterocycles. The van der Waals surface area contributed by atoms with Crippen LogP contribution in [0.2, 0.25) is 0 Å². The van der Waals surface area contributed by atoms with Crippen molar-refractivity contribution in [3.63, 3.8) is 0 Å². The van der Waals surface area contributed by atoms with Gasteiger partial charge in [-0.3, -0.25) is 0 Å². The molecule has 0 aromatic carbocycles. The Bertz CT molecular complexity index is 82.4. The average molecular weight is 113 g/mol. The van der Waals surface area contributed by atoms with Gasteiger partial charge in [-0.1, -0.05) is 13.8 Å². The van der Waals surface area contributed by atoms with Crippen LogP contribution in [0.25, 0.3) is 0 Å². The van der Waals surface area contributed by atoms with E-state index in [4.69, 9.17) is 0 Å². The molecule has 0 unspecified atom stereocenters. The van der Waals surface area contributed by atoms with Gasteiger partial charge < -0.3 is 5.11 Å². The summed E-state index contributed by atoms with van der Waals surface area (Å²) in [7, 11) is 0. The van der Waals surface area contributed by atoms with Crippen LogP contribution < -0.4 is 0 Å². The highest BCUT2D eigenvalue weighted by Crippen LogP contribution is 2.38.